The number of nitrogens with zero attached hydrogens (tertiary/aromatic N) is 3. The number of hydrogen-bond acceptors (Lipinski definition) is 5. The molecule has 0 aliphatic rings. The summed E-state index contributed by atoms with van der Waals surface area (Å²) < 4.78 is 0. The molecular formula is C15H19N5O2S. The van der Waals surface area contributed by atoms with Crippen LogP contribution in [0.1, 0.15) is 12.0 Å². The van der Waals surface area contributed by atoms with Crippen molar-refractivity contribution in [2.45, 2.75) is 13.3 Å². The van der Waals surface area contributed by atoms with E-state index >= 15 is 0 Å². The number of nitrogens with one attached hydrogen (secondary N) is 2. The van der Waals surface area contributed by atoms with Gasteiger partial charge in [-0.2, -0.15) is 0 Å². The van der Waals surface area contributed by atoms with Crippen molar-refractivity contribution in [3.63, 3.8) is 0 Å². The van der Waals surface area contributed by atoms with Gasteiger partial charge in [0.1, 0.15) is 5.01 Å². The smallest absolute Gasteiger partial charge is 0.316 e. The maximum atomic E-state index is 11.8. The molecule has 0 fully saturated rings. The first kappa shape index (κ1) is 16.9. The average Bonchev–Trinajstić information content (AvgIpc) is 2.96. The van der Waals surface area contributed by atoms with Gasteiger partial charge in [0.25, 0.3) is 0 Å². The molecule has 0 saturated carbocycles. The van der Waals surface area contributed by atoms with E-state index in [-0.39, 0.29) is 24.9 Å². The van der Waals surface area contributed by atoms with Crippen LogP contribution in [0.4, 0.5) is 9.93 Å². The second-order valence-corrected chi connectivity index (χ2v) is 6.18. The highest BCUT2D eigenvalue weighted by molar-refractivity contribution is 7.18. The van der Waals surface area contributed by atoms with E-state index in [1.165, 1.54) is 21.8 Å². The molecule has 0 aliphatic carbocycles. The third-order valence-electron chi connectivity index (χ3n) is 3.00. The maximum Gasteiger partial charge on any atom is 0.316 e. The van der Waals surface area contributed by atoms with Crippen LogP contribution >= 0.6 is 11.3 Å². The molecule has 0 saturated heterocycles. The Balaban J connectivity index is 1.85. The normalized spacial score (nSPS) is 10.2. The molecule has 2 rings (SSSR count). The van der Waals surface area contributed by atoms with E-state index in [0.717, 1.165) is 10.6 Å². The molecule has 2 N–H and O–H groups in total. The van der Waals surface area contributed by atoms with Crippen molar-refractivity contribution in [1.82, 2.24) is 20.4 Å². The lowest BCUT2D eigenvalue weighted by molar-refractivity contribution is -0.116. The lowest BCUT2D eigenvalue weighted by atomic mass is 10.2. The van der Waals surface area contributed by atoms with Crippen LogP contribution in [0.15, 0.2) is 24.3 Å². The summed E-state index contributed by atoms with van der Waals surface area (Å²) in [5.41, 5.74) is 2.14. The molecule has 1 heterocycles. The van der Waals surface area contributed by atoms with Crippen LogP contribution in [0.5, 0.6) is 0 Å². The van der Waals surface area contributed by atoms with Crippen molar-refractivity contribution in [2.24, 2.45) is 0 Å². The van der Waals surface area contributed by atoms with Gasteiger partial charge in [-0.15, -0.1) is 10.2 Å². The number of rotatable bonds is 5. The van der Waals surface area contributed by atoms with Crippen molar-refractivity contribution in [3.05, 3.63) is 29.8 Å². The molecule has 122 valence electrons. The number of aryl methyl sites for hydroxylation is 1. The largest absolute Gasteiger partial charge is 0.337 e. The second-order valence-electron chi connectivity index (χ2n) is 5.20. The van der Waals surface area contributed by atoms with Crippen molar-refractivity contribution in [2.75, 3.05) is 26.0 Å². The quantitative estimate of drug-likeness (QED) is 0.877. The summed E-state index contributed by atoms with van der Waals surface area (Å²) in [4.78, 5) is 24.6. The van der Waals surface area contributed by atoms with Gasteiger partial charge in [-0.1, -0.05) is 41.2 Å². The summed E-state index contributed by atoms with van der Waals surface area (Å²) in [7, 11) is 3.28. The summed E-state index contributed by atoms with van der Waals surface area (Å²) in [5.74, 6) is -0.212. The van der Waals surface area contributed by atoms with E-state index in [4.69, 9.17) is 0 Å². The summed E-state index contributed by atoms with van der Waals surface area (Å²) in [6.45, 7) is 2.29. The van der Waals surface area contributed by atoms with Gasteiger partial charge in [0.15, 0.2) is 0 Å². The molecule has 7 nitrogen and oxygen atoms in total. The molecule has 0 bridgehead atoms. The molecule has 1 aromatic heterocycles. The van der Waals surface area contributed by atoms with E-state index in [2.05, 4.69) is 20.8 Å². The molecule has 3 amide bonds. The van der Waals surface area contributed by atoms with Gasteiger partial charge in [0.05, 0.1) is 0 Å². The highest BCUT2D eigenvalue weighted by Gasteiger charge is 2.10. The Kier molecular flexibility index (Phi) is 5.64. The Morgan fingerprint density at radius 3 is 2.52 bits per heavy atom. The minimum atomic E-state index is -0.227. The molecule has 23 heavy (non-hydrogen) atoms. The molecular weight excluding hydrogens is 314 g/mol. The highest BCUT2D eigenvalue weighted by atomic mass is 32.1. The SMILES string of the molecule is Cc1ccc(-c2nnc(NC(=O)CCNC(=O)N(C)C)s2)cc1. The zero-order chi connectivity index (χ0) is 16.8. The van der Waals surface area contributed by atoms with E-state index < -0.39 is 0 Å². The topological polar surface area (TPSA) is 87.2 Å². The highest BCUT2D eigenvalue weighted by Crippen LogP contribution is 2.26. The Morgan fingerprint density at radius 2 is 1.87 bits per heavy atom. The molecule has 0 atom stereocenters. The first-order chi connectivity index (χ1) is 11.0. The lowest BCUT2D eigenvalue weighted by Gasteiger charge is -2.11. The number of carbonyl (C=O) groups is 2. The van der Waals surface area contributed by atoms with Crippen molar-refractivity contribution in [3.8, 4) is 10.6 Å². The summed E-state index contributed by atoms with van der Waals surface area (Å²) in [5, 5.41) is 14.6. The summed E-state index contributed by atoms with van der Waals surface area (Å²) in [6.07, 6.45) is 0.180. The van der Waals surface area contributed by atoms with E-state index in [9.17, 15) is 9.59 Å². The van der Waals surface area contributed by atoms with Crippen LogP contribution in [-0.2, 0) is 4.79 Å². The molecule has 1 aromatic carbocycles. The minimum Gasteiger partial charge on any atom is -0.337 e. The first-order valence-corrected chi connectivity index (χ1v) is 7.93. The number of benzene rings is 1. The lowest BCUT2D eigenvalue weighted by Crippen LogP contribution is -2.36. The molecule has 2 aromatic rings. The van der Waals surface area contributed by atoms with E-state index in [1.807, 2.05) is 31.2 Å². The molecule has 0 unspecified atom stereocenters. The van der Waals surface area contributed by atoms with Crippen molar-refractivity contribution in [1.29, 1.82) is 0 Å². The molecule has 0 aliphatic heterocycles. The summed E-state index contributed by atoms with van der Waals surface area (Å²) in [6, 6.07) is 7.72. The monoisotopic (exact) mass is 333 g/mol. The zero-order valence-electron chi connectivity index (χ0n) is 13.3. The van der Waals surface area contributed by atoms with Crippen molar-refractivity contribution >= 4 is 28.4 Å². The van der Waals surface area contributed by atoms with Crippen LogP contribution in [0.3, 0.4) is 0 Å². The second kappa shape index (κ2) is 7.68. The number of amides is 3. The number of hydrogen-bond donors (Lipinski definition) is 2. The third kappa shape index (κ3) is 5.03. The van der Waals surface area contributed by atoms with E-state index in [0.29, 0.717) is 5.13 Å². The fraction of sp³-hybridized carbons (Fsp3) is 0.333. The van der Waals surface area contributed by atoms with Crippen LogP contribution in [-0.4, -0.2) is 47.7 Å². The molecule has 0 spiro atoms. The van der Waals surface area contributed by atoms with Gasteiger partial charge >= 0.3 is 6.03 Å². The fourth-order valence-corrected chi connectivity index (χ4v) is 2.47. The Hall–Kier alpha value is -2.48. The number of anilines is 1. The molecule has 0 radical (unpaired) electrons. The van der Waals surface area contributed by atoms with Gasteiger partial charge in [-0.25, -0.2) is 4.79 Å². The first-order valence-electron chi connectivity index (χ1n) is 7.11. The number of aromatic nitrogens is 2. The van der Waals surface area contributed by atoms with Gasteiger partial charge in [0, 0.05) is 32.6 Å². The standard InChI is InChI=1S/C15H19N5O2S/c1-10-4-6-11(7-5-10)13-18-19-14(23-13)17-12(21)8-9-16-15(22)20(2)3/h4-7H,8-9H2,1-3H3,(H,16,22)(H,17,19,21). The minimum absolute atomic E-state index is 0.180. The Bertz CT molecular complexity index is 681. The predicted octanol–water partition coefficient (Wildman–Crippen LogP) is 2.11. The fourth-order valence-electron chi connectivity index (χ4n) is 1.71. The predicted molar refractivity (Wildman–Crippen MR) is 90.4 cm³/mol. The average molecular weight is 333 g/mol. The number of carbonyl (C=O) groups excluding carboxylic acids is 2. The van der Waals surface area contributed by atoms with Gasteiger partial charge in [-0.3, -0.25) is 4.79 Å². The van der Waals surface area contributed by atoms with Crippen LogP contribution in [0.2, 0.25) is 0 Å². The number of urea groups is 1. The summed E-state index contributed by atoms with van der Waals surface area (Å²) >= 11 is 1.32. The van der Waals surface area contributed by atoms with Crippen LogP contribution in [0.25, 0.3) is 10.6 Å². The third-order valence-corrected chi connectivity index (χ3v) is 3.89. The van der Waals surface area contributed by atoms with Gasteiger partial charge in [-0.05, 0) is 6.92 Å². The van der Waals surface area contributed by atoms with Crippen LogP contribution < -0.4 is 10.6 Å². The van der Waals surface area contributed by atoms with E-state index in [1.54, 1.807) is 14.1 Å². The van der Waals surface area contributed by atoms with Crippen molar-refractivity contribution < 1.29 is 9.59 Å². The Morgan fingerprint density at radius 1 is 1.17 bits per heavy atom. The Labute approximate surface area is 138 Å². The van der Waals surface area contributed by atoms with Gasteiger partial charge < -0.3 is 15.5 Å². The van der Waals surface area contributed by atoms with Crippen LogP contribution in [0, 0.1) is 6.92 Å². The van der Waals surface area contributed by atoms with Gasteiger partial charge in [0.2, 0.25) is 11.0 Å². The molecule has 8 heteroatoms. The maximum absolute atomic E-state index is 11.8. The zero-order valence-corrected chi connectivity index (χ0v) is 14.1.